The lowest BCUT2D eigenvalue weighted by Gasteiger charge is -2.03. The van der Waals surface area contributed by atoms with Gasteiger partial charge in [0.2, 0.25) is 0 Å². The van der Waals surface area contributed by atoms with Crippen LogP contribution in [0.2, 0.25) is 0 Å². The maximum absolute atomic E-state index is 9.50. The Morgan fingerprint density at radius 2 is 2.55 bits per heavy atom. The summed E-state index contributed by atoms with van der Waals surface area (Å²) < 4.78 is 0. The SMILES string of the molecule is OC(CC1CC1)c1cn[nH]n1. The first-order valence-electron chi connectivity index (χ1n) is 3.90. The van der Waals surface area contributed by atoms with Crippen LogP contribution in [0.3, 0.4) is 0 Å². The maximum atomic E-state index is 9.50. The van der Waals surface area contributed by atoms with Crippen molar-refractivity contribution in [3.8, 4) is 0 Å². The van der Waals surface area contributed by atoms with Gasteiger partial charge in [-0.2, -0.15) is 15.4 Å². The van der Waals surface area contributed by atoms with E-state index in [1.54, 1.807) is 6.20 Å². The minimum atomic E-state index is -0.416. The highest BCUT2D eigenvalue weighted by Crippen LogP contribution is 2.36. The van der Waals surface area contributed by atoms with Crippen molar-refractivity contribution in [3.05, 3.63) is 11.9 Å². The molecule has 1 unspecified atom stereocenters. The van der Waals surface area contributed by atoms with Crippen molar-refractivity contribution in [3.63, 3.8) is 0 Å². The van der Waals surface area contributed by atoms with E-state index in [1.807, 2.05) is 0 Å². The molecule has 0 radical (unpaired) electrons. The molecule has 1 fully saturated rings. The summed E-state index contributed by atoms with van der Waals surface area (Å²) >= 11 is 0. The summed E-state index contributed by atoms with van der Waals surface area (Å²) in [5, 5.41) is 19.4. The Hall–Kier alpha value is -0.900. The van der Waals surface area contributed by atoms with Gasteiger partial charge in [-0.15, -0.1) is 0 Å². The van der Waals surface area contributed by atoms with Crippen LogP contribution in [0, 0.1) is 5.92 Å². The first kappa shape index (κ1) is 6.79. The largest absolute Gasteiger partial charge is 0.387 e. The molecule has 1 atom stereocenters. The number of aromatic nitrogens is 3. The molecule has 60 valence electrons. The monoisotopic (exact) mass is 153 g/mol. The van der Waals surface area contributed by atoms with Crippen molar-refractivity contribution in [2.45, 2.75) is 25.4 Å². The third-order valence-electron chi connectivity index (χ3n) is 2.03. The zero-order valence-corrected chi connectivity index (χ0v) is 6.20. The lowest BCUT2D eigenvalue weighted by molar-refractivity contribution is 0.155. The van der Waals surface area contributed by atoms with E-state index in [1.165, 1.54) is 12.8 Å². The van der Waals surface area contributed by atoms with E-state index in [0.29, 0.717) is 5.69 Å². The van der Waals surface area contributed by atoms with Gasteiger partial charge in [-0.05, 0) is 12.3 Å². The molecular formula is C7H11N3O. The molecule has 2 N–H and O–H groups in total. The molecule has 0 amide bonds. The van der Waals surface area contributed by atoms with Crippen LogP contribution < -0.4 is 0 Å². The summed E-state index contributed by atoms with van der Waals surface area (Å²) in [6.07, 6.45) is 4.52. The summed E-state index contributed by atoms with van der Waals surface area (Å²) in [7, 11) is 0. The first-order valence-corrected chi connectivity index (χ1v) is 3.90. The third kappa shape index (κ3) is 1.57. The normalized spacial score (nSPS) is 20.1. The lowest BCUT2D eigenvalue weighted by Crippen LogP contribution is -1.98. The van der Waals surface area contributed by atoms with Crippen LogP contribution in [-0.4, -0.2) is 20.5 Å². The third-order valence-corrected chi connectivity index (χ3v) is 2.03. The average molecular weight is 153 g/mol. The molecule has 1 aromatic rings. The summed E-state index contributed by atoms with van der Waals surface area (Å²) in [4.78, 5) is 0. The molecule has 4 heteroatoms. The maximum Gasteiger partial charge on any atom is 0.111 e. The van der Waals surface area contributed by atoms with Crippen LogP contribution >= 0.6 is 0 Å². The molecule has 0 saturated heterocycles. The number of aromatic amines is 1. The van der Waals surface area contributed by atoms with Gasteiger partial charge in [0.15, 0.2) is 0 Å². The van der Waals surface area contributed by atoms with Gasteiger partial charge < -0.3 is 5.11 Å². The molecule has 4 nitrogen and oxygen atoms in total. The van der Waals surface area contributed by atoms with E-state index in [-0.39, 0.29) is 0 Å². The van der Waals surface area contributed by atoms with E-state index in [0.717, 1.165) is 12.3 Å². The van der Waals surface area contributed by atoms with E-state index < -0.39 is 6.10 Å². The number of rotatable bonds is 3. The number of hydrogen-bond donors (Lipinski definition) is 2. The molecule has 0 spiro atoms. The smallest absolute Gasteiger partial charge is 0.111 e. The quantitative estimate of drug-likeness (QED) is 0.669. The van der Waals surface area contributed by atoms with Crippen molar-refractivity contribution in [1.82, 2.24) is 15.4 Å². The Kier molecular flexibility index (Phi) is 1.62. The lowest BCUT2D eigenvalue weighted by atomic mass is 10.1. The number of aliphatic hydroxyl groups is 1. The number of H-pyrrole nitrogens is 1. The van der Waals surface area contributed by atoms with Gasteiger partial charge in [0.05, 0.1) is 12.3 Å². The summed E-state index contributed by atoms with van der Waals surface area (Å²) in [6, 6.07) is 0. The Labute approximate surface area is 64.6 Å². The second-order valence-electron chi connectivity index (χ2n) is 3.09. The van der Waals surface area contributed by atoms with Gasteiger partial charge >= 0.3 is 0 Å². The molecule has 1 aromatic heterocycles. The highest BCUT2D eigenvalue weighted by molar-refractivity contribution is 4.97. The molecule has 0 aromatic carbocycles. The number of nitrogens with one attached hydrogen (secondary N) is 1. The van der Waals surface area contributed by atoms with Crippen molar-refractivity contribution in [2.24, 2.45) is 5.92 Å². The van der Waals surface area contributed by atoms with Gasteiger partial charge in [-0.25, -0.2) is 0 Å². The van der Waals surface area contributed by atoms with Gasteiger partial charge in [0.1, 0.15) is 5.69 Å². The van der Waals surface area contributed by atoms with Crippen LogP contribution in [0.1, 0.15) is 31.1 Å². The highest BCUT2D eigenvalue weighted by Gasteiger charge is 2.25. The Morgan fingerprint density at radius 3 is 3.09 bits per heavy atom. The number of hydrogen-bond acceptors (Lipinski definition) is 3. The number of aliphatic hydroxyl groups excluding tert-OH is 1. The Bertz CT molecular complexity index is 218. The average Bonchev–Trinajstić information content (AvgIpc) is 2.67. The predicted octanol–water partition coefficient (Wildman–Crippen LogP) is 0.638. The highest BCUT2D eigenvalue weighted by atomic mass is 16.3. The van der Waals surface area contributed by atoms with Crippen LogP contribution in [0.25, 0.3) is 0 Å². The van der Waals surface area contributed by atoms with Crippen molar-refractivity contribution >= 4 is 0 Å². The minimum absolute atomic E-state index is 0.416. The van der Waals surface area contributed by atoms with E-state index in [2.05, 4.69) is 15.4 Å². The molecule has 11 heavy (non-hydrogen) atoms. The van der Waals surface area contributed by atoms with E-state index in [9.17, 15) is 5.11 Å². The van der Waals surface area contributed by atoms with Crippen molar-refractivity contribution in [1.29, 1.82) is 0 Å². The number of nitrogens with zero attached hydrogens (tertiary/aromatic N) is 2. The van der Waals surface area contributed by atoms with Crippen LogP contribution in [0.15, 0.2) is 6.20 Å². The molecule has 1 saturated carbocycles. The fourth-order valence-electron chi connectivity index (χ4n) is 1.16. The molecule has 0 aliphatic heterocycles. The Morgan fingerprint density at radius 1 is 1.73 bits per heavy atom. The molecular weight excluding hydrogens is 142 g/mol. The summed E-state index contributed by atoms with van der Waals surface area (Å²) in [5.41, 5.74) is 0.664. The molecule has 2 rings (SSSR count). The second-order valence-corrected chi connectivity index (χ2v) is 3.09. The van der Waals surface area contributed by atoms with Gasteiger partial charge in [0.25, 0.3) is 0 Å². The van der Waals surface area contributed by atoms with Crippen LogP contribution in [-0.2, 0) is 0 Å². The zero-order valence-electron chi connectivity index (χ0n) is 6.20. The van der Waals surface area contributed by atoms with E-state index in [4.69, 9.17) is 0 Å². The molecule has 1 aliphatic carbocycles. The Balaban J connectivity index is 1.93. The molecule has 0 bridgehead atoms. The van der Waals surface area contributed by atoms with Crippen molar-refractivity contribution < 1.29 is 5.11 Å². The fraction of sp³-hybridized carbons (Fsp3) is 0.714. The summed E-state index contributed by atoms with van der Waals surface area (Å²) in [6.45, 7) is 0. The van der Waals surface area contributed by atoms with Crippen molar-refractivity contribution in [2.75, 3.05) is 0 Å². The standard InChI is InChI=1S/C7H11N3O/c11-7(3-5-1-2-5)6-4-8-10-9-6/h4-5,7,11H,1-3H2,(H,8,9,10). The first-order chi connectivity index (χ1) is 5.36. The van der Waals surface area contributed by atoms with Gasteiger partial charge in [-0.1, -0.05) is 12.8 Å². The molecule has 1 heterocycles. The van der Waals surface area contributed by atoms with E-state index >= 15 is 0 Å². The second kappa shape index (κ2) is 2.62. The fourth-order valence-corrected chi connectivity index (χ4v) is 1.16. The molecule has 1 aliphatic rings. The summed E-state index contributed by atoms with van der Waals surface area (Å²) in [5.74, 6) is 0.724. The van der Waals surface area contributed by atoms with Gasteiger partial charge in [0, 0.05) is 0 Å². The minimum Gasteiger partial charge on any atom is -0.387 e. The topological polar surface area (TPSA) is 61.8 Å². The van der Waals surface area contributed by atoms with Crippen LogP contribution in [0.5, 0.6) is 0 Å². The predicted molar refractivity (Wildman–Crippen MR) is 38.7 cm³/mol. The van der Waals surface area contributed by atoms with Gasteiger partial charge in [-0.3, -0.25) is 0 Å². The zero-order chi connectivity index (χ0) is 7.68. The van der Waals surface area contributed by atoms with Crippen LogP contribution in [0.4, 0.5) is 0 Å².